The van der Waals surface area contributed by atoms with E-state index in [0.717, 1.165) is 23.3 Å². The lowest BCUT2D eigenvalue weighted by Crippen LogP contribution is -2.49. The molecule has 0 radical (unpaired) electrons. The zero-order valence-electron chi connectivity index (χ0n) is 15.3. The van der Waals surface area contributed by atoms with Gasteiger partial charge in [0.15, 0.2) is 18.2 Å². The minimum absolute atomic E-state index is 0.264. The van der Waals surface area contributed by atoms with E-state index in [1.807, 2.05) is 30.5 Å². The summed E-state index contributed by atoms with van der Waals surface area (Å²) in [6, 6.07) is 7.40. The summed E-state index contributed by atoms with van der Waals surface area (Å²) in [6.07, 6.45) is 4.45. The smallest absolute Gasteiger partial charge is 0.290 e. The zero-order chi connectivity index (χ0) is 19.8. The highest BCUT2D eigenvalue weighted by Crippen LogP contribution is 2.50. The van der Waals surface area contributed by atoms with E-state index in [4.69, 9.17) is 9.26 Å². The van der Waals surface area contributed by atoms with Gasteiger partial charge in [0.25, 0.3) is 18.3 Å². The number of nitrogens with zero attached hydrogens (tertiary/aromatic N) is 8. The summed E-state index contributed by atoms with van der Waals surface area (Å²) in [5, 5.41) is 16.8. The number of aliphatic imine (C=N–C) groups is 1. The molecule has 6 rings (SSSR count). The highest BCUT2D eigenvalue weighted by Gasteiger charge is 2.52. The maximum Gasteiger partial charge on any atom is 0.290 e. The van der Waals surface area contributed by atoms with Gasteiger partial charge < -0.3 is 9.26 Å². The van der Waals surface area contributed by atoms with Crippen LogP contribution in [0.2, 0.25) is 0 Å². The molecular formula is C18H15FN8O2. The summed E-state index contributed by atoms with van der Waals surface area (Å²) in [6.45, 7) is 0. The fraction of sp³-hybridized carbons (Fsp3) is 0.333. The predicted molar refractivity (Wildman–Crippen MR) is 97.1 cm³/mol. The van der Waals surface area contributed by atoms with E-state index in [2.05, 4.69) is 15.1 Å². The quantitative estimate of drug-likeness (QED) is 0.573. The van der Waals surface area contributed by atoms with Crippen LogP contribution < -0.4 is 9.91 Å². The Labute approximate surface area is 164 Å². The lowest BCUT2D eigenvalue weighted by Gasteiger charge is -2.42. The number of fused-ring (bicyclic) bond motifs is 6. The number of halogens is 1. The Hall–Kier alpha value is -3.65. The van der Waals surface area contributed by atoms with Crippen molar-refractivity contribution in [1.82, 2.24) is 20.0 Å². The van der Waals surface area contributed by atoms with Crippen LogP contribution in [-0.4, -0.2) is 39.9 Å². The second kappa shape index (κ2) is 5.45. The molecule has 0 spiro atoms. The third-order valence-electron chi connectivity index (χ3n) is 5.65. The third kappa shape index (κ3) is 2.03. The Balaban J connectivity index is 1.44. The average molecular weight is 394 g/mol. The molecule has 3 aliphatic heterocycles. The first-order valence-corrected chi connectivity index (χ1v) is 9.10. The van der Waals surface area contributed by atoms with Crippen LogP contribution in [0.3, 0.4) is 0 Å². The van der Waals surface area contributed by atoms with Crippen LogP contribution in [0.4, 0.5) is 16.0 Å². The Morgan fingerprint density at radius 1 is 1.34 bits per heavy atom. The van der Waals surface area contributed by atoms with Crippen molar-refractivity contribution < 1.29 is 13.7 Å². The SMILES string of the molecule is COC1(c2nc(N3C=NC4c5ccccc5N5C(=CN(C#N)C5F)N43)no2)CC1. The van der Waals surface area contributed by atoms with Crippen molar-refractivity contribution in [3.63, 3.8) is 0 Å². The molecule has 2 atom stereocenters. The average Bonchev–Trinajstić information content (AvgIpc) is 3.08. The molecular weight excluding hydrogens is 379 g/mol. The number of ether oxygens (including phenoxy) is 1. The topological polar surface area (TPSA) is 97.3 Å². The molecule has 1 fully saturated rings. The van der Waals surface area contributed by atoms with Gasteiger partial charge in [-0.15, -0.1) is 0 Å². The van der Waals surface area contributed by atoms with Crippen LogP contribution in [0.1, 0.15) is 30.5 Å². The molecule has 1 aromatic carbocycles. The number of hydrazine groups is 1. The fourth-order valence-electron chi connectivity index (χ4n) is 3.96. The van der Waals surface area contributed by atoms with Crippen molar-refractivity contribution in [3.8, 4) is 6.19 Å². The number of nitriles is 1. The molecule has 146 valence electrons. The van der Waals surface area contributed by atoms with E-state index in [1.54, 1.807) is 23.5 Å². The maximum atomic E-state index is 15.0. The number of benzene rings is 1. The second-order valence-electron chi connectivity index (χ2n) is 7.16. The van der Waals surface area contributed by atoms with E-state index in [9.17, 15) is 5.26 Å². The van der Waals surface area contributed by atoms with E-state index in [0.29, 0.717) is 17.4 Å². The third-order valence-corrected chi connectivity index (χ3v) is 5.65. The Kier molecular flexibility index (Phi) is 3.07. The second-order valence-corrected chi connectivity index (χ2v) is 7.16. The van der Waals surface area contributed by atoms with Gasteiger partial charge in [-0.25, -0.2) is 19.9 Å². The summed E-state index contributed by atoms with van der Waals surface area (Å²) in [7, 11) is 1.62. The number of rotatable bonds is 3. The molecule has 2 aromatic rings. The molecule has 1 aliphatic carbocycles. The molecule has 1 saturated carbocycles. The summed E-state index contributed by atoms with van der Waals surface area (Å²) in [4.78, 5) is 11.5. The first kappa shape index (κ1) is 16.3. The maximum absolute atomic E-state index is 15.0. The van der Waals surface area contributed by atoms with Crippen LogP contribution in [0.15, 0.2) is 45.8 Å². The summed E-state index contributed by atoms with van der Waals surface area (Å²) >= 11 is 0. The van der Waals surface area contributed by atoms with Crippen molar-refractivity contribution in [2.45, 2.75) is 31.0 Å². The van der Waals surface area contributed by atoms with E-state index in [1.165, 1.54) is 11.1 Å². The first-order valence-electron chi connectivity index (χ1n) is 9.10. The summed E-state index contributed by atoms with van der Waals surface area (Å²) < 4.78 is 26.0. The largest absolute Gasteiger partial charge is 0.368 e. The van der Waals surface area contributed by atoms with Crippen molar-refractivity contribution in [2.75, 3.05) is 17.0 Å². The van der Waals surface area contributed by atoms with Gasteiger partial charge in [-0.2, -0.15) is 14.6 Å². The van der Waals surface area contributed by atoms with E-state index in [-0.39, 0.29) is 5.95 Å². The molecule has 0 bridgehead atoms. The van der Waals surface area contributed by atoms with E-state index >= 15 is 4.39 Å². The lowest BCUT2D eigenvalue weighted by molar-refractivity contribution is 0.0492. The molecule has 4 aliphatic rings. The molecule has 1 aromatic heterocycles. The molecule has 0 saturated heterocycles. The van der Waals surface area contributed by atoms with Crippen molar-refractivity contribution in [1.29, 1.82) is 5.26 Å². The van der Waals surface area contributed by atoms with Gasteiger partial charge in [0.05, 0.1) is 11.9 Å². The van der Waals surface area contributed by atoms with Crippen LogP contribution in [0.5, 0.6) is 0 Å². The minimum atomic E-state index is -1.65. The number of hydrogen-bond acceptors (Lipinski definition) is 10. The van der Waals surface area contributed by atoms with Gasteiger partial charge in [-0.05, 0) is 24.1 Å². The van der Waals surface area contributed by atoms with Gasteiger partial charge in [0, 0.05) is 12.7 Å². The first-order chi connectivity index (χ1) is 14.2. The molecule has 29 heavy (non-hydrogen) atoms. The van der Waals surface area contributed by atoms with Crippen molar-refractivity contribution in [2.24, 2.45) is 4.99 Å². The molecule has 2 unspecified atom stereocenters. The fourth-order valence-corrected chi connectivity index (χ4v) is 3.96. The van der Waals surface area contributed by atoms with Crippen LogP contribution >= 0.6 is 0 Å². The van der Waals surface area contributed by atoms with Gasteiger partial charge in [0.1, 0.15) is 11.9 Å². The standard InChI is InChI=1S/C18H15FN8O2/c1-28-18(6-7-18)15-22-17(23-29-15)25-10-21-14-11-4-2-3-5-12(11)26-13(27(14)25)8-24(9-20)16(26)19/h2-5,8,10,14,16H,6-7H2,1H3. The number of para-hydroxylation sites is 1. The lowest BCUT2D eigenvalue weighted by atomic mass is 10.1. The highest BCUT2D eigenvalue weighted by atomic mass is 19.1. The Bertz CT molecular complexity index is 1100. The number of anilines is 2. The summed E-state index contributed by atoms with van der Waals surface area (Å²) in [5.74, 6) is 1.13. The van der Waals surface area contributed by atoms with Crippen LogP contribution in [0.25, 0.3) is 0 Å². The number of aromatic nitrogens is 2. The minimum Gasteiger partial charge on any atom is -0.368 e. The predicted octanol–water partition coefficient (Wildman–Crippen LogP) is 2.14. The number of alkyl halides is 1. The molecule has 10 nitrogen and oxygen atoms in total. The van der Waals surface area contributed by atoms with E-state index < -0.39 is 18.2 Å². The van der Waals surface area contributed by atoms with Gasteiger partial charge in [-0.3, -0.25) is 4.90 Å². The van der Waals surface area contributed by atoms with Gasteiger partial charge in [0.2, 0.25) is 0 Å². The van der Waals surface area contributed by atoms with Crippen LogP contribution in [-0.2, 0) is 10.3 Å². The molecule has 11 heteroatoms. The number of methoxy groups -OCH3 is 1. The zero-order valence-corrected chi connectivity index (χ0v) is 15.3. The van der Waals surface area contributed by atoms with Crippen LogP contribution in [0, 0.1) is 11.5 Å². The van der Waals surface area contributed by atoms with Crippen molar-refractivity contribution >= 4 is 18.0 Å². The Morgan fingerprint density at radius 2 is 2.17 bits per heavy atom. The number of hydrogen-bond donors (Lipinski definition) is 0. The van der Waals surface area contributed by atoms with Gasteiger partial charge >= 0.3 is 0 Å². The van der Waals surface area contributed by atoms with Crippen molar-refractivity contribution in [3.05, 3.63) is 47.7 Å². The monoisotopic (exact) mass is 394 g/mol. The Morgan fingerprint density at radius 3 is 2.93 bits per heavy atom. The normalized spacial score (nSPS) is 25.5. The van der Waals surface area contributed by atoms with Gasteiger partial charge in [-0.1, -0.05) is 18.2 Å². The molecule has 0 amide bonds. The summed E-state index contributed by atoms with van der Waals surface area (Å²) in [5.41, 5.74) is 0.954. The molecule has 4 heterocycles. The molecule has 0 N–H and O–H groups in total. The highest BCUT2D eigenvalue weighted by molar-refractivity contribution is 5.80.